The second-order valence-electron chi connectivity index (χ2n) is 12.1. The van der Waals surface area contributed by atoms with Gasteiger partial charge in [0.05, 0.1) is 6.67 Å². The molecule has 0 aromatic heterocycles. The normalized spacial score (nSPS) is 24.6. The summed E-state index contributed by atoms with van der Waals surface area (Å²) in [5.74, 6) is 3.25. The molecular formula is C34H48F2. The molecular weight excluding hydrogens is 446 g/mol. The minimum atomic E-state index is -0.194. The Kier molecular flexibility index (Phi) is 10.9. The molecule has 0 saturated heterocycles. The van der Waals surface area contributed by atoms with Crippen LogP contribution in [-0.2, 0) is 6.42 Å². The van der Waals surface area contributed by atoms with E-state index in [9.17, 15) is 4.39 Å². The minimum Gasteiger partial charge on any atom is -0.251 e. The highest BCUT2D eigenvalue weighted by Gasteiger charge is 2.25. The van der Waals surface area contributed by atoms with Crippen LogP contribution < -0.4 is 0 Å². The lowest BCUT2D eigenvalue weighted by atomic mass is 9.74. The van der Waals surface area contributed by atoms with Gasteiger partial charge in [0.25, 0.3) is 0 Å². The highest BCUT2D eigenvalue weighted by molar-refractivity contribution is 5.65. The van der Waals surface area contributed by atoms with Gasteiger partial charge < -0.3 is 0 Å². The van der Waals surface area contributed by atoms with Crippen LogP contribution >= 0.6 is 0 Å². The van der Waals surface area contributed by atoms with E-state index in [-0.39, 0.29) is 12.5 Å². The van der Waals surface area contributed by atoms with Gasteiger partial charge in [0.15, 0.2) is 0 Å². The first-order valence-electron chi connectivity index (χ1n) is 15.1. The zero-order chi connectivity index (χ0) is 25.2. The van der Waals surface area contributed by atoms with Crippen molar-refractivity contribution in [2.45, 2.75) is 116 Å². The molecule has 0 N–H and O–H groups in total. The Morgan fingerprint density at radius 3 is 1.94 bits per heavy atom. The monoisotopic (exact) mass is 494 g/mol. The van der Waals surface area contributed by atoms with Crippen molar-refractivity contribution in [2.24, 2.45) is 17.8 Å². The molecule has 0 radical (unpaired) electrons. The lowest BCUT2D eigenvalue weighted by Gasteiger charge is -2.31. The van der Waals surface area contributed by atoms with Gasteiger partial charge in [-0.2, -0.15) is 0 Å². The Labute approximate surface area is 219 Å². The van der Waals surface area contributed by atoms with Crippen LogP contribution in [0.2, 0.25) is 0 Å². The fraction of sp³-hybridized carbons (Fsp3) is 0.647. The quantitative estimate of drug-likeness (QED) is 0.257. The van der Waals surface area contributed by atoms with Crippen LogP contribution in [0, 0.1) is 23.6 Å². The molecule has 0 unspecified atom stereocenters. The van der Waals surface area contributed by atoms with Crippen LogP contribution in [0.4, 0.5) is 8.78 Å². The fourth-order valence-corrected chi connectivity index (χ4v) is 6.70. The van der Waals surface area contributed by atoms with Crippen molar-refractivity contribution in [1.82, 2.24) is 0 Å². The summed E-state index contributed by atoms with van der Waals surface area (Å²) in [4.78, 5) is 0. The number of aryl methyl sites for hydroxylation is 1. The van der Waals surface area contributed by atoms with Crippen molar-refractivity contribution in [3.8, 4) is 11.1 Å². The Morgan fingerprint density at radius 1 is 0.694 bits per heavy atom. The first-order valence-corrected chi connectivity index (χ1v) is 15.1. The van der Waals surface area contributed by atoms with Crippen molar-refractivity contribution >= 4 is 0 Å². The zero-order valence-corrected chi connectivity index (χ0v) is 22.6. The number of benzene rings is 2. The lowest BCUT2D eigenvalue weighted by Crippen LogP contribution is -2.17. The van der Waals surface area contributed by atoms with Crippen LogP contribution in [0.5, 0.6) is 0 Å². The van der Waals surface area contributed by atoms with Crippen molar-refractivity contribution < 1.29 is 8.78 Å². The third kappa shape index (κ3) is 8.15. The van der Waals surface area contributed by atoms with Gasteiger partial charge >= 0.3 is 0 Å². The SMILES string of the molecule is C[C@H]1CC[C@H](CCC2CCC(c3ccc(-c4ccc(CCCCCCCF)cc4)c(F)c3)CC2)CC1. The van der Waals surface area contributed by atoms with Crippen molar-refractivity contribution in [3.63, 3.8) is 0 Å². The molecule has 0 heterocycles. The number of unbranched alkanes of at least 4 members (excludes halogenated alkanes) is 4. The molecule has 0 amide bonds. The Bertz CT molecular complexity index is 886. The van der Waals surface area contributed by atoms with Crippen molar-refractivity contribution in [1.29, 1.82) is 0 Å². The molecule has 0 nitrogen and oxygen atoms in total. The molecule has 2 heteroatoms. The molecule has 0 aliphatic heterocycles. The van der Waals surface area contributed by atoms with Gasteiger partial charge in [-0.3, -0.25) is 4.39 Å². The van der Waals surface area contributed by atoms with Gasteiger partial charge in [-0.1, -0.05) is 101 Å². The van der Waals surface area contributed by atoms with Crippen LogP contribution in [0.25, 0.3) is 11.1 Å². The van der Waals surface area contributed by atoms with Gasteiger partial charge in [-0.05, 0) is 91.4 Å². The van der Waals surface area contributed by atoms with Crippen LogP contribution in [0.3, 0.4) is 0 Å². The molecule has 2 aromatic carbocycles. The predicted molar refractivity (Wildman–Crippen MR) is 150 cm³/mol. The summed E-state index contributed by atoms with van der Waals surface area (Å²) in [6, 6.07) is 14.4. The van der Waals surface area contributed by atoms with Crippen LogP contribution in [0.15, 0.2) is 42.5 Å². The molecule has 4 rings (SSSR count). The first kappa shape index (κ1) is 27.3. The summed E-state index contributed by atoms with van der Waals surface area (Å²) >= 11 is 0. The second kappa shape index (κ2) is 14.3. The maximum atomic E-state index is 15.1. The molecule has 2 aliphatic rings. The Morgan fingerprint density at radius 2 is 1.31 bits per heavy atom. The van der Waals surface area contributed by atoms with E-state index >= 15 is 4.39 Å². The van der Waals surface area contributed by atoms with Crippen LogP contribution in [0.1, 0.15) is 120 Å². The average molecular weight is 495 g/mol. The third-order valence-electron chi connectivity index (χ3n) is 9.29. The molecule has 2 saturated carbocycles. The molecule has 2 fully saturated rings. The van der Waals surface area contributed by atoms with Gasteiger partial charge in [-0.25, -0.2) is 4.39 Å². The smallest absolute Gasteiger partial charge is 0.131 e. The van der Waals surface area contributed by atoms with Gasteiger partial charge in [-0.15, -0.1) is 0 Å². The molecule has 0 bridgehead atoms. The molecule has 198 valence electrons. The van der Waals surface area contributed by atoms with E-state index in [1.165, 1.54) is 75.3 Å². The van der Waals surface area contributed by atoms with E-state index in [0.29, 0.717) is 17.9 Å². The maximum absolute atomic E-state index is 15.1. The molecule has 2 aliphatic carbocycles. The Balaban J connectivity index is 1.22. The summed E-state index contributed by atoms with van der Waals surface area (Å²) in [5.41, 5.74) is 4.18. The second-order valence-corrected chi connectivity index (χ2v) is 12.1. The van der Waals surface area contributed by atoms with E-state index in [1.54, 1.807) is 0 Å². The van der Waals surface area contributed by atoms with Crippen molar-refractivity contribution in [2.75, 3.05) is 6.67 Å². The summed E-state index contributed by atoms with van der Waals surface area (Å²) < 4.78 is 27.3. The highest BCUT2D eigenvalue weighted by atomic mass is 19.1. The molecule has 0 atom stereocenters. The standard InChI is InChI=1S/C34H48F2/c1-26-8-10-28(11-9-26)12-13-29-14-18-30(19-15-29)32-22-23-33(34(36)25-32)31-20-16-27(17-21-31)7-5-3-2-4-6-24-35/h16-17,20-23,25-26,28-30H,2-15,18-19,24H2,1H3/t26-,28-,29?,30?. The topological polar surface area (TPSA) is 0 Å². The number of hydrogen-bond acceptors (Lipinski definition) is 0. The van der Waals surface area contributed by atoms with E-state index in [1.807, 2.05) is 12.1 Å². The van der Waals surface area contributed by atoms with E-state index in [4.69, 9.17) is 0 Å². The first-order chi connectivity index (χ1) is 17.6. The van der Waals surface area contributed by atoms with Gasteiger partial charge in [0, 0.05) is 5.56 Å². The lowest BCUT2D eigenvalue weighted by molar-refractivity contribution is 0.237. The summed E-state index contributed by atoms with van der Waals surface area (Å²) in [5, 5.41) is 0. The molecule has 36 heavy (non-hydrogen) atoms. The van der Waals surface area contributed by atoms with Crippen molar-refractivity contribution in [3.05, 3.63) is 59.4 Å². The fourth-order valence-electron chi connectivity index (χ4n) is 6.70. The third-order valence-corrected chi connectivity index (χ3v) is 9.29. The largest absolute Gasteiger partial charge is 0.251 e. The molecule has 2 aromatic rings. The predicted octanol–water partition coefficient (Wildman–Crippen LogP) is 10.8. The minimum absolute atomic E-state index is 0.0817. The average Bonchev–Trinajstić information content (AvgIpc) is 2.91. The zero-order valence-electron chi connectivity index (χ0n) is 22.6. The maximum Gasteiger partial charge on any atom is 0.131 e. The van der Waals surface area contributed by atoms with E-state index in [0.717, 1.165) is 55.4 Å². The van der Waals surface area contributed by atoms with Gasteiger partial charge in [0.2, 0.25) is 0 Å². The van der Waals surface area contributed by atoms with E-state index in [2.05, 4.69) is 37.3 Å². The summed E-state index contributed by atoms with van der Waals surface area (Å²) in [6.07, 6.45) is 19.8. The van der Waals surface area contributed by atoms with Gasteiger partial charge in [0.1, 0.15) is 5.82 Å². The summed E-state index contributed by atoms with van der Waals surface area (Å²) in [7, 11) is 0. The Hall–Kier alpha value is -1.70. The van der Waals surface area contributed by atoms with E-state index < -0.39 is 0 Å². The summed E-state index contributed by atoms with van der Waals surface area (Å²) in [6.45, 7) is 2.21. The molecule has 0 spiro atoms. The highest BCUT2D eigenvalue weighted by Crippen LogP contribution is 2.40. The number of rotatable bonds is 12. The number of alkyl halides is 1. The van der Waals surface area contributed by atoms with Crippen LogP contribution in [-0.4, -0.2) is 6.67 Å². The number of hydrogen-bond donors (Lipinski definition) is 0. The number of halogens is 2.